The first-order valence-corrected chi connectivity index (χ1v) is 9.26. The van der Waals surface area contributed by atoms with Gasteiger partial charge in [0.1, 0.15) is 0 Å². The summed E-state index contributed by atoms with van der Waals surface area (Å²) in [5.74, 6) is -2.37. The third kappa shape index (κ3) is 5.80. The Labute approximate surface area is 160 Å². The van der Waals surface area contributed by atoms with E-state index in [0.717, 1.165) is 12.1 Å². The number of hydrogen-bond donors (Lipinski definition) is 2. The van der Waals surface area contributed by atoms with Crippen molar-refractivity contribution in [2.75, 3.05) is 18.9 Å². The van der Waals surface area contributed by atoms with Crippen molar-refractivity contribution in [3.05, 3.63) is 35.2 Å². The molecular weight excluding hydrogens is 374 g/mol. The summed E-state index contributed by atoms with van der Waals surface area (Å²) in [5.41, 5.74) is 0.854. The van der Waals surface area contributed by atoms with E-state index < -0.39 is 17.7 Å². The molecule has 0 fully saturated rings. The minimum absolute atomic E-state index is 0.0278. The van der Waals surface area contributed by atoms with Gasteiger partial charge in [0.25, 0.3) is 0 Å². The number of benzene rings is 1. The minimum Gasteiger partial charge on any atom is -0.353 e. The third-order valence-electron chi connectivity index (χ3n) is 3.83. The van der Waals surface area contributed by atoms with Gasteiger partial charge in [-0.15, -0.1) is 11.3 Å². The van der Waals surface area contributed by atoms with Gasteiger partial charge in [0.05, 0.1) is 18.3 Å². The van der Waals surface area contributed by atoms with Crippen molar-refractivity contribution in [1.82, 2.24) is 15.2 Å². The van der Waals surface area contributed by atoms with Crippen LogP contribution in [0.5, 0.6) is 0 Å². The fourth-order valence-electron chi connectivity index (χ4n) is 2.26. The van der Waals surface area contributed by atoms with Crippen LogP contribution < -0.4 is 10.6 Å². The number of halogens is 2. The topological polar surface area (TPSA) is 74.3 Å². The van der Waals surface area contributed by atoms with E-state index >= 15 is 0 Å². The molecule has 2 amide bonds. The molecule has 0 spiro atoms. The van der Waals surface area contributed by atoms with E-state index in [0.29, 0.717) is 16.4 Å². The number of amides is 2. The maximum Gasteiger partial charge on any atom is 0.243 e. The Balaban J connectivity index is 1.98. The monoisotopic (exact) mass is 396 g/mol. The highest BCUT2D eigenvalue weighted by Gasteiger charge is 2.21. The Hall–Kier alpha value is -2.39. The van der Waals surface area contributed by atoms with Crippen LogP contribution in [0.2, 0.25) is 0 Å². The number of aromatic nitrogens is 1. The molecule has 2 rings (SSSR count). The van der Waals surface area contributed by atoms with Gasteiger partial charge in [-0.25, -0.2) is 13.8 Å². The van der Waals surface area contributed by atoms with Crippen molar-refractivity contribution in [2.45, 2.75) is 32.9 Å². The van der Waals surface area contributed by atoms with Gasteiger partial charge in [0, 0.05) is 17.0 Å². The van der Waals surface area contributed by atoms with Crippen molar-refractivity contribution in [2.24, 2.45) is 0 Å². The van der Waals surface area contributed by atoms with Crippen LogP contribution >= 0.6 is 11.3 Å². The van der Waals surface area contributed by atoms with E-state index in [1.165, 1.54) is 17.4 Å². The molecule has 0 radical (unpaired) electrons. The molecule has 1 aromatic carbocycles. The Kier molecular flexibility index (Phi) is 6.98. The lowest BCUT2D eigenvalue weighted by Crippen LogP contribution is -2.45. The average Bonchev–Trinajstić information content (AvgIpc) is 3.04. The molecule has 2 N–H and O–H groups in total. The van der Waals surface area contributed by atoms with Crippen LogP contribution in [0.1, 0.15) is 20.8 Å². The van der Waals surface area contributed by atoms with Crippen molar-refractivity contribution in [1.29, 1.82) is 0 Å². The van der Waals surface area contributed by atoms with Crippen LogP contribution in [0.4, 0.5) is 13.9 Å². The minimum atomic E-state index is -0.957. The lowest BCUT2D eigenvalue weighted by atomic mass is 10.2. The summed E-state index contributed by atoms with van der Waals surface area (Å²) in [4.78, 5) is 30.0. The summed E-state index contributed by atoms with van der Waals surface area (Å²) >= 11 is 1.18. The Morgan fingerprint density at radius 1 is 1.22 bits per heavy atom. The molecule has 1 unspecified atom stereocenters. The highest BCUT2D eigenvalue weighted by molar-refractivity contribution is 7.14. The molecule has 1 aromatic heterocycles. The number of thiazole rings is 1. The number of nitrogens with one attached hydrogen (secondary N) is 2. The highest BCUT2D eigenvalue weighted by Crippen LogP contribution is 2.26. The number of nitrogens with zero attached hydrogens (tertiary/aromatic N) is 2. The standard InChI is InChI=1S/C18H22F2N4O2S/c1-10(2)21-16(25)8-24(4)11(3)17(26)23-18-22-15(9-27-18)12-5-6-13(19)14(20)7-12/h5-7,9-11H,8H2,1-4H3,(H,21,25)(H,22,23,26). The number of likely N-dealkylation sites (N-methyl/N-ethyl adjacent to an activating group) is 1. The van der Waals surface area contributed by atoms with Crippen molar-refractivity contribution in [3.8, 4) is 11.3 Å². The second-order valence-corrected chi connectivity index (χ2v) is 7.33. The van der Waals surface area contributed by atoms with E-state index in [1.807, 2.05) is 13.8 Å². The summed E-state index contributed by atoms with van der Waals surface area (Å²) < 4.78 is 26.4. The lowest BCUT2D eigenvalue weighted by molar-refractivity contribution is -0.125. The summed E-state index contributed by atoms with van der Waals surface area (Å²) in [5, 5.41) is 7.43. The van der Waals surface area contributed by atoms with Crippen molar-refractivity contribution >= 4 is 28.3 Å². The molecule has 0 aliphatic carbocycles. The first-order valence-electron chi connectivity index (χ1n) is 8.38. The molecule has 0 aliphatic rings. The van der Waals surface area contributed by atoms with Crippen LogP contribution in [-0.4, -0.2) is 47.4 Å². The lowest BCUT2D eigenvalue weighted by Gasteiger charge is -2.23. The molecule has 1 heterocycles. The summed E-state index contributed by atoms with van der Waals surface area (Å²) in [6.07, 6.45) is 0. The molecule has 6 nitrogen and oxygen atoms in total. The Morgan fingerprint density at radius 3 is 2.56 bits per heavy atom. The van der Waals surface area contributed by atoms with Crippen LogP contribution in [0.3, 0.4) is 0 Å². The molecule has 0 saturated carbocycles. The molecular formula is C18H22F2N4O2S. The zero-order valence-electron chi connectivity index (χ0n) is 15.5. The Bertz CT molecular complexity index is 825. The Morgan fingerprint density at radius 2 is 1.93 bits per heavy atom. The number of hydrogen-bond acceptors (Lipinski definition) is 5. The van der Waals surface area contributed by atoms with Crippen LogP contribution in [0.25, 0.3) is 11.3 Å². The van der Waals surface area contributed by atoms with Crippen molar-refractivity contribution < 1.29 is 18.4 Å². The molecule has 1 atom stereocenters. The van der Waals surface area contributed by atoms with Gasteiger partial charge in [0.2, 0.25) is 11.8 Å². The first-order chi connectivity index (χ1) is 12.7. The van der Waals surface area contributed by atoms with E-state index in [9.17, 15) is 18.4 Å². The van der Waals surface area contributed by atoms with Crippen LogP contribution in [0.15, 0.2) is 23.6 Å². The zero-order valence-corrected chi connectivity index (χ0v) is 16.4. The van der Waals surface area contributed by atoms with Gasteiger partial charge in [0.15, 0.2) is 16.8 Å². The predicted octanol–water partition coefficient (Wildman–Crippen LogP) is 2.87. The van der Waals surface area contributed by atoms with Gasteiger partial charge >= 0.3 is 0 Å². The second-order valence-electron chi connectivity index (χ2n) is 6.47. The van der Waals surface area contributed by atoms with E-state index in [4.69, 9.17) is 0 Å². The van der Waals surface area contributed by atoms with Crippen LogP contribution in [-0.2, 0) is 9.59 Å². The third-order valence-corrected chi connectivity index (χ3v) is 4.59. The number of carbonyl (C=O) groups excluding carboxylic acids is 2. The molecule has 0 aliphatic heterocycles. The maximum absolute atomic E-state index is 13.4. The molecule has 2 aromatic rings. The van der Waals surface area contributed by atoms with Gasteiger partial charge < -0.3 is 10.6 Å². The fraction of sp³-hybridized carbons (Fsp3) is 0.389. The smallest absolute Gasteiger partial charge is 0.243 e. The normalized spacial score (nSPS) is 12.3. The average molecular weight is 396 g/mol. The largest absolute Gasteiger partial charge is 0.353 e. The SMILES string of the molecule is CC(C)NC(=O)CN(C)C(C)C(=O)Nc1nc(-c2ccc(F)c(F)c2)cs1. The second kappa shape index (κ2) is 9.01. The highest BCUT2D eigenvalue weighted by atomic mass is 32.1. The van der Waals surface area contributed by atoms with E-state index in [1.54, 1.807) is 24.3 Å². The predicted molar refractivity (Wildman–Crippen MR) is 101 cm³/mol. The number of anilines is 1. The van der Waals surface area contributed by atoms with Crippen molar-refractivity contribution in [3.63, 3.8) is 0 Å². The van der Waals surface area contributed by atoms with Gasteiger partial charge in [-0.3, -0.25) is 14.5 Å². The first kappa shape index (κ1) is 20.9. The zero-order chi connectivity index (χ0) is 20.1. The molecule has 0 saturated heterocycles. The fourth-order valence-corrected chi connectivity index (χ4v) is 2.98. The molecule has 27 heavy (non-hydrogen) atoms. The molecule has 9 heteroatoms. The number of rotatable bonds is 7. The molecule has 0 bridgehead atoms. The summed E-state index contributed by atoms with van der Waals surface area (Å²) in [7, 11) is 1.68. The van der Waals surface area contributed by atoms with E-state index in [2.05, 4.69) is 15.6 Å². The molecule has 146 valence electrons. The van der Waals surface area contributed by atoms with E-state index in [-0.39, 0.29) is 24.4 Å². The van der Waals surface area contributed by atoms with Crippen LogP contribution in [0, 0.1) is 11.6 Å². The van der Waals surface area contributed by atoms with Gasteiger partial charge in [-0.1, -0.05) is 0 Å². The summed E-state index contributed by atoms with van der Waals surface area (Å²) in [6.45, 7) is 5.49. The number of carbonyl (C=O) groups is 2. The van der Waals surface area contributed by atoms with Gasteiger partial charge in [-0.05, 0) is 46.0 Å². The maximum atomic E-state index is 13.4. The quantitative estimate of drug-likeness (QED) is 0.755. The summed E-state index contributed by atoms with van der Waals surface area (Å²) in [6, 6.07) is 2.97. The van der Waals surface area contributed by atoms with Gasteiger partial charge in [-0.2, -0.15) is 0 Å².